The van der Waals surface area contributed by atoms with Crippen LogP contribution in [0.4, 0.5) is 0 Å². The highest BCUT2D eigenvalue weighted by Crippen LogP contribution is 2.24. The van der Waals surface area contributed by atoms with Gasteiger partial charge in [0.25, 0.3) is 5.91 Å². The van der Waals surface area contributed by atoms with Crippen molar-refractivity contribution in [3.63, 3.8) is 0 Å². The Bertz CT molecular complexity index is 387. The van der Waals surface area contributed by atoms with E-state index in [0.29, 0.717) is 12.0 Å². The molecule has 1 fully saturated rings. The molecule has 1 aliphatic rings. The summed E-state index contributed by atoms with van der Waals surface area (Å²) in [5.74, 6) is 0.758. The Hall–Kier alpha value is -0.960. The van der Waals surface area contributed by atoms with Gasteiger partial charge < -0.3 is 4.90 Å². The van der Waals surface area contributed by atoms with Gasteiger partial charge in [-0.2, -0.15) is 0 Å². The predicted octanol–water partition coefficient (Wildman–Crippen LogP) is 2.85. The molecule has 2 nitrogen and oxygen atoms in total. The number of thiol groups is 1. The van der Waals surface area contributed by atoms with Crippen molar-refractivity contribution in [3.05, 3.63) is 29.8 Å². The monoisotopic (exact) mass is 235 g/mol. The molecule has 1 amide bonds. The van der Waals surface area contributed by atoms with E-state index < -0.39 is 0 Å². The fraction of sp³-hybridized carbons (Fsp3) is 0.462. The van der Waals surface area contributed by atoms with Crippen LogP contribution < -0.4 is 0 Å². The largest absolute Gasteiger partial charge is 0.336 e. The molecule has 0 spiro atoms. The zero-order valence-corrected chi connectivity index (χ0v) is 10.6. The smallest absolute Gasteiger partial charge is 0.254 e. The highest BCUT2D eigenvalue weighted by molar-refractivity contribution is 7.80. The average Bonchev–Trinajstić information content (AvgIpc) is 2.58. The average molecular weight is 235 g/mol. The summed E-state index contributed by atoms with van der Waals surface area (Å²) in [7, 11) is 0. The number of likely N-dealkylation sites (tertiary alicyclic amines) is 1. The van der Waals surface area contributed by atoms with Gasteiger partial charge in [0.05, 0.1) is 0 Å². The van der Waals surface area contributed by atoms with E-state index in [-0.39, 0.29) is 5.91 Å². The topological polar surface area (TPSA) is 20.3 Å². The van der Waals surface area contributed by atoms with Gasteiger partial charge in [0.1, 0.15) is 0 Å². The number of benzene rings is 1. The van der Waals surface area contributed by atoms with Crippen molar-refractivity contribution in [1.29, 1.82) is 0 Å². The van der Waals surface area contributed by atoms with Crippen LogP contribution in [0.2, 0.25) is 0 Å². The third-order valence-corrected chi connectivity index (χ3v) is 3.46. The summed E-state index contributed by atoms with van der Waals surface area (Å²) >= 11 is 4.22. The summed E-state index contributed by atoms with van der Waals surface area (Å²) in [5, 5.41) is 0. The molecule has 1 saturated heterocycles. The Morgan fingerprint density at radius 3 is 2.44 bits per heavy atom. The fourth-order valence-corrected chi connectivity index (χ4v) is 2.50. The van der Waals surface area contributed by atoms with E-state index in [9.17, 15) is 4.79 Å². The first-order chi connectivity index (χ1) is 7.58. The highest BCUT2D eigenvalue weighted by Gasteiger charge is 2.30. The van der Waals surface area contributed by atoms with E-state index in [4.69, 9.17) is 0 Å². The Labute approximate surface area is 102 Å². The molecule has 0 radical (unpaired) electrons. The summed E-state index contributed by atoms with van der Waals surface area (Å²) in [4.78, 5) is 15.1. The first-order valence-electron chi connectivity index (χ1n) is 5.68. The van der Waals surface area contributed by atoms with E-state index in [1.54, 1.807) is 0 Å². The molecule has 16 heavy (non-hydrogen) atoms. The van der Waals surface area contributed by atoms with Crippen LogP contribution in [0.15, 0.2) is 29.2 Å². The van der Waals surface area contributed by atoms with Gasteiger partial charge in [-0.15, -0.1) is 12.6 Å². The highest BCUT2D eigenvalue weighted by atomic mass is 32.1. The zero-order valence-electron chi connectivity index (χ0n) is 9.68. The van der Waals surface area contributed by atoms with Crippen molar-refractivity contribution < 1.29 is 4.79 Å². The molecule has 1 heterocycles. The lowest BCUT2D eigenvalue weighted by molar-refractivity contribution is 0.0743. The van der Waals surface area contributed by atoms with Gasteiger partial charge >= 0.3 is 0 Å². The van der Waals surface area contributed by atoms with Crippen molar-refractivity contribution >= 4 is 18.5 Å². The number of rotatable bonds is 1. The standard InChI is InChI=1S/C13H17NOS/c1-9-7-10(2)14(8-9)13(15)11-3-5-12(16)6-4-11/h3-6,9-10,16H,7-8H2,1-2H3. The number of hydrogen-bond acceptors (Lipinski definition) is 2. The van der Waals surface area contributed by atoms with Crippen LogP contribution in [0.1, 0.15) is 30.6 Å². The maximum absolute atomic E-state index is 12.2. The molecular formula is C13H17NOS. The molecule has 86 valence electrons. The first-order valence-corrected chi connectivity index (χ1v) is 6.12. The molecule has 3 heteroatoms. The minimum absolute atomic E-state index is 0.144. The van der Waals surface area contributed by atoms with Crippen LogP contribution in [-0.4, -0.2) is 23.4 Å². The number of amides is 1. The molecule has 0 aromatic heterocycles. The van der Waals surface area contributed by atoms with E-state index in [1.807, 2.05) is 29.2 Å². The Kier molecular flexibility index (Phi) is 3.24. The van der Waals surface area contributed by atoms with Gasteiger partial charge in [-0.25, -0.2) is 0 Å². The lowest BCUT2D eigenvalue weighted by atomic mass is 10.1. The van der Waals surface area contributed by atoms with Crippen LogP contribution >= 0.6 is 12.6 Å². The molecule has 1 aromatic carbocycles. The van der Waals surface area contributed by atoms with E-state index in [1.165, 1.54) is 0 Å². The van der Waals surface area contributed by atoms with Crippen LogP contribution in [0.3, 0.4) is 0 Å². The van der Waals surface area contributed by atoms with E-state index in [2.05, 4.69) is 26.5 Å². The fourth-order valence-electron chi connectivity index (χ4n) is 2.35. The van der Waals surface area contributed by atoms with Crippen LogP contribution in [0, 0.1) is 5.92 Å². The second kappa shape index (κ2) is 4.50. The molecule has 0 N–H and O–H groups in total. The number of nitrogens with zero attached hydrogens (tertiary/aromatic N) is 1. The first kappa shape index (κ1) is 11.5. The van der Waals surface area contributed by atoms with Crippen molar-refractivity contribution in [2.45, 2.75) is 31.2 Å². The van der Waals surface area contributed by atoms with Crippen molar-refractivity contribution in [1.82, 2.24) is 4.90 Å². The SMILES string of the molecule is CC1CC(C)N(C(=O)c2ccc(S)cc2)C1. The molecule has 2 atom stereocenters. The zero-order chi connectivity index (χ0) is 11.7. The molecule has 1 aliphatic heterocycles. The Balaban J connectivity index is 2.16. The van der Waals surface area contributed by atoms with Gasteiger partial charge in [0, 0.05) is 23.0 Å². The van der Waals surface area contributed by atoms with Crippen molar-refractivity contribution in [3.8, 4) is 0 Å². The molecule has 2 rings (SSSR count). The second-order valence-corrected chi connectivity index (χ2v) is 5.21. The maximum Gasteiger partial charge on any atom is 0.254 e. The minimum atomic E-state index is 0.144. The van der Waals surface area contributed by atoms with Crippen LogP contribution in [0.5, 0.6) is 0 Å². The molecular weight excluding hydrogens is 218 g/mol. The lowest BCUT2D eigenvalue weighted by Crippen LogP contribution is -2.33. The lowest BCUT2D eigenvalue weighted by Gasteiger charge is -2.21. The molecule has 0 saturated carbocycles. The summed E-state index contributed by atoms with van der Waals surface area (Å²) < 4.78 is 0. The summed E-state index contributed by atoms with van der Waals surface area (Å²) in [6.45, 7) is 5.19. The third-order valence-electron chi connectivity index (χ3n) is 3.16. The van der Waals surface area contributed by atoms with Gasteiger partial charge in [-0.1, -0.05) is 6.92 Å². The van der Waals surface area contributed by atoms with E-state index >= 15 is 0 Å². The van der Waals surface area contributed by atoms with Crippen LogP contribution in [-0.2, 0) is 0 Å². The maximum atomic E-state index is 12.2. The third kappa shape index (κ3) is 2.24. The van der Waals surface area contributed by atoms with E-state index in [0.717, 1.165) is 23.4 Å². The number of hydrogen-bond donors (Lipinski definition) is 1. The summed E-state index contributed by atoms with van der Waals surface area (Å²) in [5.41, 5.74) is 0.763. The van der Waals surface area contributed by atoms with Gasteiger partial charge in [0.15, 0.2) is 0 Å². The summed E-state index contributed by atoms with van der Waals surface area (Å²) in [6, 6.07) is 7.78. The normalized spacial score (nSPS) is 24.8. The van der Waals surface area contributed by atoms with Gasteiger partial charge in [-0.05, 0) is 43.5 Å². The Morgan fingerprint density at radius 1 is 1.31 bits per heavy atom. The van der Waals surface area contributed by atoms with Crippen molar-refractivity contribution in [2.75, 3.05) is 6.54 Å². The number of carbonyl (C=O) groups is 1. The molecule has 1 aromatic rings. The Morgan fingerprint density at radius 2 is 1.94 bits per heavy atom. The van der Waals surface area contributed by atoms with Gasteiger partial charge in [-0.3, -0.25) is 4.79 Å². The quantitative estimate of drug-likeness (QED) is 0.742. The second-order valence-electron chi connectivity index (χ2n) is 4.69. The van der Waals surface area contributed by atoms with Gasteiger partial charge in [0.2, 0.25) is 0 Å². The summed E-state index contributed by atoms with van der Waals surface area (Å²) in [6.07, 6.45) is 1.11. The number of carbonyl (C=O) groups excluding carboxylic acids is 1. The predicted molar refractivity (Wildman–Crippen MR) is 68.0 cm³/mol. The molecule has 0 bridgehead atoms. The molecule has 0 aliphatic carbocycles. The van der Waals surface area contributed by atoms with Crippen molar-refractivity contribution in [2.24, 2.45) is 5.92 Å². The minimum Gasteiger partial charge on any atom is -0.336 e. The van der Waals surface area contributed by atoms with Crippen LogP contribution in [0.25, 0.3) is 0 Å². The molecule has 2 unspecified atom stereocenters.